The molecule has 2 N–H and O–H groups in total. The quantitative estimate of drug-likeness (QED) is 0.467. The number of benzene rings is 1. The van der Waals surface area contributed by atoms with Crippen LogP contribution in [0.5, 0.6) is 0 Å². The Labute approximate surface area is 157 Å². The van der Waals surface area contributed by atoms with Gasteiger partial charge in [0, 0.05) is 32.7 Å². The Balaban J connectivity index is 1.23. The van der Waals surface area contributed by atoms with E-state index in [2.05, 4.69) is 46.7 Å². The first-order valence-electron chi connectivity index (χ1n) is 10.3. The lowest BCUT2D eigenvalue weighted by molar-refractivity contribution is 0.0992. The maximum Gasteiger partial charge on any atom is 0.191 e. The number of nitrogens with zero attached hydrogens (tertiary/aromatic N) is 2. The number of guanidine groups is 1. The molecule has 5 nitrogen and oxygen atoms in total. The molecule has 142 valence electrons. The molecule has 0 aromatic heterocycles. The molecule has 3 unspecified atom stereocenters. The van der Waals surface area contributed by atoms with Crippen molar-refractivity contribution in [2.75, 3.05) is 26.2 Å². The Hall–Kier alpha value is -1.59. The van der Waals surface area contributed by atoms with Crippen LogP contribution in [0.25, 0.3) is 0 Å². The minimum atomic E-state index is 0.386. The van der Waals surface area contributed by atoms with Gasteiger partial charge in [-0.05, 0) is 50.2 Å². The van der Waals surface area contributed by atoms with Gasteiger partial charge in [0.25, 0.3) is 0 Å². The first-order valence-corrected chi connectivity index (χ1v) is 10.3. The van der Waals surface area contributed by atoms with Gasteiger partial charge in [0.1, 0.15) is 0 Å². The van der Waals surface area contributed by atoms with Gasteiger partial charge in [-0.15, -0.1) is 0 Å². The van der Waals surface area contributed by atoms with Gasteiger partial charge in [0.15, 0.2) is 5.96 Å². The van der Waals surface area contributed by atoms with Crippen molar-refractivity contribution in [1.82, 2.24) is 15.5 Å². The molecule has 3 aliphatic rings. The number of hydrogen-bond acceptors (Lipinski definition) is 3. The van der Waals surface area contributed by atoms with E-state index in [4.69, 9.17) is 9.73 Å². The predicted molar refractivity (Wildman–Crippen MR) is 105 cm³/mol. The second-order valence-corrected chi connectivity index (χ2v) is 7.77. The fourth-order valence-corrected chi connectivity index (χ4v) is 4.52. The molecule has 0 radical (unpaired) electrons. The molecule has 2 saturated heterocycles. The normalized spacial score (nSPS) is 28.2. The van der Waals surface area contributed by atoms with Crippen LogP contribution in [0.15, 0.2) is 29.3 Å². The van der Waals surface area contributed by atoms with Crippen molar-refractivity contribution in [3.8, 4) is 0 Å². The highest BCUT2D eigenvalue weighted by Crippen LogP contribution is 2.34. The molecule has 4 rings (SSSR count). The van der Waals surface area contributed by atoms with Gasteiger partial charge < -0.3 is 15.4 Å². The molecule has 0 amide bonds. The lowest BCUT2D eigenvalue weighted by Gasteiger charge is -2.28. The van der Waals surface area contributed by atoms with Gasteiger partial charge in [0.2, 0.25) is 0 Å². The van der Waals surface area contributed by atoms with Crippen molar-refractivity contribution < 1.29 is 4.74 Å². The van der Waals surface area contributed by atoms with Gasteiger partial charge in [-0.3, -0.25) is 9.89 Å². The maximum absolute atomic E-state index is 5.95. The lowest BCUT2D eigenvalue weighted by atomic mass is 9.96. The maximum atomic E-state index is 5.95. The monoisotopic (exact) mass is 356 g/mol. The molecule has 3 atom stereocenters. The summed E-state index contributed by atoms with van der Waals surface area (Å²) < 4.78 is 5.95. The molecular weight excluding hydrogens is 324 g/mol. The first kappa shape index (κ1) is 17.8. The Bertz CT molecular complexity index is 632. The smallest absolute Gasteiger partial charge is 0.191 e. The van der Waals surface area contributed by atoms with Gasteiger partial charge >= 0.3 is 0 Å². The zero-order chi connectivity index (χ0) is 17.8. The number of rotatable bonds is 6. The number of ether oxygens (including phenoxy) is 1. The van der Waals surface area contributed by atoms with Crippen LogP contribution in [-0.4, -0.2) is 55.3 Å². The van der Waals surface area contributed by atoms with Gasteiger partial charge in [-0.25, -0.2) is 0 Å². The van der Waals surface area contributed by atoms with E-state index in [9.17, 15) is 0 Å². The molecule has 1 aromatic rings. The minimum Gasteiger partial charge on any atom is -0.373 e. The predicted octanol–water partition coefficient (Wildman–Crippen LogP) is 2.31. The number of aliphatic imine (C=N–C) groups is 1. The van der Waals surface area contributed by atoms with Crippen LogP contribution in [0.3, 0.4) is 0 Å². The fraction of sp³-hybridized carbons (Fsp3) is 0.667. The summed E-state index contributed by atoms with van der Waals surface area (Å²) in [6.45, 7) is 7.27. The summed E-state index contributed by atoms with van der Waals surface area (Å²) in [4.78, 5) is 7.36. The first-order chi connectivity index (χ1) is 12.8. The van der Waals surface area contributed by atoms with Crippen LogP contribution in [0.1, 0.15) is 43.7 Å². The van der Waals surface area contributed by atoms with Crippen molar-refractivity contribution in [2.45, 2.75) is 63.8 Å². The molecule has 2 bridgehead atoms. The third kappa shape index (κ3) is 4.21. The van der Waals surface area contributed by atoms with Crippen molar-refractivity contribution in [3.63, 3.8) is 0 Å². The summed E-state index contributed by atoms with van der Waals surface area (Å²) >= 11 is 0. The summed E-state index contributed by atoms with van der Waals surface area (Å²) in [7, 11) is 0. The topological polar surface area (TPSA) is 48.9 Å². The summed E-state index contributed by atoms with van der Waals surface area (Å²) in [6.07, 6.45) is 6.69. The van der Waals surface area contributed by atoms with Crippen LogP contribution < -0.4 is 10.6 Å². The average molecular weight is 357 g/mol. The van der Waals surface area contributed by atoms with E-state index in [0.717, 1.165) is 45.0 Å². The van der Waals surface area contributed by atoms with Crippen LogP contribution >= 0.6 is 0 Å². The van der Waals surface area contributed by atoms with E-state index in [0.29, 0.717) is 18.2 Å². The second-order valence-electron chi connectivity index (χ2n) is 7.77. The van der Waals surface area contributed by atoms with Crippen LogP contribution in [0.4, 0.5) is 0 Å². The Morgan fingerprint density at radius 2 is 2.15 bits per heavy atom. The molecule has 0 spiro atoms. The third-order valence-corrected chi connectivity index (χ3v) is 5.88. The molecule has 3 heterocycles. The average Bonchev–Trinajstić information content (AvgIpc) is 3.28. The SMILES string of the molecule is CCNC(=NCCCN1CCc2ccccc2C1)NC1CC2CCC1O2. The molecular formula is C21H32N4O. The van der Waals surface area contributed by atoms with E-state index in [-0.39, 0.29) is 0 Å². The van der Waals surface area contributed by atoms with Crippen molar-refractivity contribution in [2.24, 2.45) is 4.99 Å². The highest BCUT2D eigenvalue weighted by Gasteiger charge is 2.41. The van der Waals surface area contributed by atoms with Crippen molar-refractivity contribution in [1.29, 1.82) is 0 Å². The zero-order valence-electron chi connectivity index (χ0n) is 15.9. The molecule has 5 heteroatoms. The van der Waals surface area contributed by atoms with Crippen LogP contribution in [-0.2, 0) is 17.7 Å². The van der Waals surface area contributed by atoms with Gasteiger partial charge in [0.05, 0.1) is 18.2 Å². The zero-order valence-corrected chi connectivity index (χ0v) is 15.9. The van der Waals surface area contributed by atoms with Crippen molar-refractivity contribution in [3.05, 3.63) is 35.4 Å². The van der Waals surface area contributed by atoms with Crippen molar-refractivity contribution >= 4 is 5.96 Å². The van der Waals surface area contributed by atoms with E-state index in [1.54, 1.807) is 0 Å². The Morgan fingerprint density at radius 3 is 2.92 bits per heavy atom. The third-order valence-electron chi connectivity index (χ3n) is 5.88. The fourth-order valence-electron chi connectivity index (χ4n) is 4.52. The highest BCUT2D eigenvalue weighted by atomic mass is 16.5. The van der Waals surface area contributed by atoms with E-state index < -0.39 is 0 Å². The molecule has 0 aliphatic carbocycles. The highest BCUT2D eigenvalue weighted by molar-refractivity contribution is 5.80. The van der Waals surface area contributed by atoms with Gasteiger partial charge in [-0.1, -0.05) is 24.3 Å². The van der Waals surface area contributed by atoms with Crippen LogP contribution in [0, 0.1) is 0 Å². The van der Waals surface area contributed by atoms with E-state index >= 15 is 0 Å². The van der Waals surface area contributed by atoms with E-state index in [1.165, 1.54) is 36.9 Å². The second kappa shape index (κ2) is 8.40. The summed E-state index contributed by atoms with van der Waals surface area (Å²) in [5.74, 6) is 0.956. The minimum absolute atomic E-state index is 0.386. The lowest BCUT2D eigenvalue weighted by Crippen LogP contribution is -2.47. The Morgan fingerprint density at radius 1 is 1.27 bits per heavy atom. The summed E-state index contributed by atoms with van der Waals surface area (Å²) in [5.41, 5.74) is 3.02. The van der Waals surface area contributed by atoms with Crippen LogP contribution in [0.2, 0.25) is 0 Å². The van der Waals surface area contributed by atoms with Gasteiger partial charge in [-0.2, -0.15) is 0 Å². The van der Waals surface area contributed by atoms with E-state index in [1.807, 2.05) is 0 Å². The largest absolute Gasteiger partial charge is 0.373 e. The number of nitrogens with one attached hydrogen (secondary N) is 2. The number of fused-ring (bicyclic) bond motifs is 3. The number of hydrogen-bond donors (Lipinski definition) is 2. The molecule has 0 saturated carbocycles. The summed E-state index contributed by atoms with van der Waals surface area (Å²) in [6, 6.07) is 9.28. The molecule has 26 heavy (non-hydrogen) atoms. The Kier molecular flexibility index (Phi) is 5.75. The molecule has 2 fully saturated rings. The summed E-state index contributed by atoms with van der Waals surface area (Å²) in [5, 5.41) is 6.99. The standard InChI is InChI=1S/C21H32N4O/c1-2-22-21(24-19-14-18-8-9-20(19)26-18)23-11-5-12-25-13-10-16-6-3-4-7-17(16)15-25/h3-4,6-7,18-20H,2,5,8-15H2,1H3,(H2,22,23,24). The molecule has 3 aliphatic heterocycles. The molecule has 1 aromatic carbocycles.